The number of nitrogens with two attached hydrogens (primary N) is 1. The molecular formula is C17H14ClN5O2. The van der Waals surface area contributed by atoms with E-state index in [1.807, 2.05) is 31.2 Å². The van der Waals surface area contributed by atoms with Gasteiger partial charge in [-0.25, -0.2) is 4.68 Å². The van der Waals surface area contributed by atoms with Gasteiger partial charge in [-0.15, -0.1) is 5.10 Å². The Morgan fingerprint density at radius 2 is 1.88 bits per heavy atom. The number of halogens is 1. The van der Waals surface area contributed by atoms with E-state index >= 15 is 0 Å². The molecular weight excluding hydrogens is 342 g/mol. The SMILES string of the molecule is Cc1ccc(-n2cc(C(=O)Nc3ccc(C(N)=O)c(Cl)c3)nn2)cc1. The van der Waals surface area contributed by atoms with Gasteiger partial charge in [-0.3, -0.25) is 9.59 Å². The molecule has 0 aliphatic rings. The van der Waals surface area contributed by atoms with Gasteiger partial charge < -0.3 is 11.1 Å². The molecule has 2 aromatic carbocycles. The summed E-state index contributed by atoms with van der Waals surface area (Å²) in [5.74, 6) is -1.08. The predicted octanol–water partition coefficient (Wildman–Crippen LogP) is 2.58. The fourth-order valence-corrected chi connectivity index (χ4v) is 2.45. The summed E-state index contributed by atoms with van der Waals surface area (Å²) in [5.41, 5.74) is 7.87. The van der Waals surface area contributed by atoms with E-state index < -0.39 is 11.8 Å². The number of hydrogen-bond acceptors (Lipinski definition) is 4. The van der Waals surface area contributed by atoms with Crippen molar-refractivity contribution in [2.75, 3.05) is 5.32 Å². The minimum Gasteiger partial charge on any atom is -0.366 e. The first-order chi connectivity index (χ1) is 11.9. The number of carbonyl (C=O) groups is 2. The highest BCUT2D eigenvalue weighted by Gasteiger charge is 2.13. The lowest BCUT2D eigenvalue weighted by molar-refractivity contribution is 0.0998. The van der Waals surface area contributed by atoms with Crippen LogP contribution in [-0.2, 0) is 0 Å². The van der Waals surface area contributed by atoms with Gasteiger partial charge in [-0.2, -0.15) is 0 Å². The third kappa shape index (κ3) is 3.67. The largest absolute Gasteiger partial charge is 0.366 e. The summed E-state index contributed by atoms with van der Waals surface area (Å²) >= 11 is 5.97. The molecule has 2 amide bonds. The van der Waals surface area contributed by atoms with Crippen molar-refractivity contribution < 1.29 is 9.59 Å². The highest BCUT2D eigenvalue weighted by atomic mass is 35.5. The van der Waals surface area contributed by atoms with Crippen molar-refractivity contribution in [3.63, 3.8) is 0 Å². The van der Waals surface area contributed by atoms with E-state index in [9.17, 15) is 9.59 Å². The monoisotopic (exact) mass is 355 g/mol. The summed E-state index contributed by atoms with van der Waals surface area (Å²) in [6.07, 6.45) is 1.53. The summed E-state index contributed by atoms with van der Waals surface area (Å²) < 4.78 is 1.51. The number of benzene rings is 2. The fraction of sp³-hybridized carbons (Fsp3) is 0.0588. The van der Waals surface area contributed by atoms with E-state index in [0.29, 0.717) is 5.69 Å². The Labute approximate surface area is 148 Å². The van der Waals surface area contributed by atoms with Crippen molar-refractivity contribution >= 4 is 29.1 Å². The van der Waals surface area contributed by atoms with Crippen LogP contribution in [-0.4, -0.2) is 26.8 Å². The van der Waals surface area contributed by atoms with Crippen molar-refractivity contribution in [1.29, 1.82) is 0 Å². The molecule has 0 unspecified atom stereocenters. The van der Waals surface area contributed by atoms with Crippen molar-refractivity contribution in [1.82, 2.24) is 15.0 Å². The van der Waals surface area contributed by atoms with Gasteiger partial charge in [0.25, 0.3) is 5.91 Å². The smallest absolute Gasteiger partial charge is 0.277 e. The molecule has 1 aromatic heterocycles. The molecule has 8 heteroatoms. The third-order valence-electron chi connectivity index (χ3n) is 3.52. The summed E-state index contributed by atoms with van der Waals surface area (Å²) in [5, 5.41) is 10.6. The van der Waals surface area contributed by atoms with E-state index in [1.54, 1.807) is 0 Å². The zero-order valence-corrected chi connectivity index (χ0v) is 14.0. The molecule has 3 rings (SSSR count). The number of amides is 2. The van der Waals surface area contributed by atoms with Crippen LogP contribution in [0.15, 0.2) is 48.7 Å². The number of hydrogen-bond donors (Lipinski definition) is 2. The third-order valence-corrected chi connectivity index (χ3v) is 3.83. The maximum Gasteiger partial charge on any atom is 0.277 e. The fourth-order valence-electron chi connectivity index (χ4n) is 2.18. The Kier molecular flexibility index (Phi) is 4.49. The summed E-state index contributed by atoms with van der Waals surface area (Å²) in [7, 11) is 0. The molecule has 0 fully saturated rings. The van der Waals surface area contributed by atoms with Crippen LogP contribution in [0, 0.1) is 6.92 Å². The van der Waals surface area contributed by atoms with Gasteiger partial charge in [0.05, 0.1) is 22.5 Å². The van der Waals surface area contributed by atoms with Gasteiger partial charge in [0, 0.05) is 5.69 Å². The molecule has 126 valence electrons. The molecule has 1 heterocycles. The van der Waals surface area contributed by atoms with Crippen LogP contribution >= 0.6 is 11.6 Å². The van der Waals surface area contributed by atoms with E-state index in [2.05, 4.69) is 15.6 Å². The number of aryl methyl sites for hydroxylation is 1. The molecule has 25 heavy (non-hydrogen) atoms. The lowest BCUT2D eigenvalue weighted by Gasteiger charge is -2.05. The van der Waals surface area contributed by atoms with Crippen LogP contribution in [0.5, 0.6) is 0 Å². The van der Waals surface area contributed by atoms with Crippen LogP contribution in [0.3, 0.4) is 0 Å². The molecule has 0 atom stereocenters. The van der Waals surface area contributed by atoms with Crippen LogP contribution in [0.25, 0.3) is 5.69 Å². The second-order valence-electron chi connectivity index (χ2n) is 5.40. The van der Waals surface area contributed by atoms with E-state index in [1.165, 1.54) is 29.1 Å². The van der Waals surface area contributed by atoms with Crippen LogP contribution < -0.4 is 11.1 Å². The predicted molar refractivity (Wildman–Crippen MR) is 94.0 cm³/mol. The van der Waals surface area contributed by atoms with Crippen molar-refractivity contribution in [3.05, 3.63) is 70.5 Å². The topological polar surface area (TPSA) is 103 Å². The Morgan fingerprint density at radius 1 is 1.16 bits per heavy atom. The Hall–Kier alpha value is -3.19. The molecule has 3 N–H and O–H groups in total. The standard InChI is InChI=1S/C17H14ClN5O2/c1-10-2-5-12(6-3-10)23-9-15(21-22-23)17(25)20-11-4-7-13(16(19)24)14(18)8-11/h2-9H,1H3,(H2,19,24)(H,20,25). The number of nitrogens with one attached hydrogen (secondary N) is 1. The zero-order chi connectivity index (χ0) is 18.0. The van der Waals surface area contributed by atoms with Crippen LogP contribution in [0.4, 0.5) is 5.69 Å². The molecule has 3 aromatic rings. The van der Waals surface area contributed by atoms with Gasteiger partial charge >= 0.3 is 0 Å². The van der Waals surface area contributed by atoms with Crippen LogP contribution in [0.1, 0.15) is 26.4 Å². The highest BCUT2D eigenvalue weighted by Crippen LogP contribution is 2.21. The minimum absolute atomic E-state index is 0.149. The summed E-state index contributed by atoms with van der Waals surface area (Å²) in [6.45, 7) is 1.98. The molecule has 0 saturated heterocycles. The van der Waals surface area contributed by atoms with E-state index in [0.717, 1.165) is 11.3 Å². The van der Waals surface area contributed by atoms with Crippen molar-refractivity contribution in [2.24, 2.45) is 5.73 Å². The average molecular weight is 356 g/mol. The first-order valence-corrected chi connectivity index (χ1v) is 7.72. The quantitative estimate of drug-likeness (QED) is 0.750. The maximum absolute atomic E-state index is 12.3. The first kappa shape index (κ1) is 16.7. The number of rotatable bonds is 4. The van der Waals surface area contributed by atoms with E-state index in [4.69, 9.17) is 17.3 Å². The van der Waals surface area contributed by atoms with Crippen molar-refractivity contribution in [2.45, 2.75) is 6.92 Å². The lowest BCUT2D eigenvalue weighted by Crippen LogP contribution is -2.14. The summed E-state index contributed by atoms with van der Waals surface area (Å²) in [6, 6.07) is 12.1. The molecule has 0 saturated carbocycles. The molecule has 7 nitrogen and oxygen atoms in total. The molecule has 0 radical (unpaired) electrons. The van der Waals surface area contributed by atoms with Crippen LogP contribution in [0.2, 0.25) is 5.02 Å². The second kappa shape index (κ2) is 6.74. The average Bonchev–Trinajstić information content (AvgIpc) is 3.05. The Morgan fingerprint density at radius 3 is 2.52 bits per heavy atom. The number of anilines is 1. The molecule has 0 spiro atoms. The van der Waals surface area contributed by atoms with Gasteiger partial charge in [-0.1, -0.05) is 34.5 Å². The maximum atomic E-state index is 12.3. The Balaban J connectivity index is 1.77. The number of aromatic nitrogens is 3. The van der Waals surface area contributed by atoms with E-state index in [-0.39, 0.29) is 16.3 Å². The molecule has 0 aliphatic carbocycles. The summed E-state index contributed by atoms with van der Waals surface area (Å²) in [4.78, 5) is 23.4. The molecule has 0 bridgehead atoms. The Bertz CT molecular complexity index is 950. The van der Waals surface area contributed by atoms with Gasteiger partial charge in [0.2, 0.25) is 5.91 Å². The molecule has 0 aliphatic heterocycles. The first-order valence-electron chi connectivity index (χ1n) is 7.34. The van der Waals surface area contributed by atoms with Crippen molar-refractivity contribution in [3.8, 4) is 5.69 Å². The lowest BCUT2D eigenvalue weighted by atomic mass is 10.2. The second-order valence-corrected chi connectivity index (χ2v) is 5.80. The zero-order valence-electron chi connectivity index (χ0n) is 13.2. The number of primary amides is 1. The number of carbonyl (C=O) groups excluding carboxylic acids is 2. The van der Waals surface area contributed by atoms with Gasteiger partial charge in [-0.05, 0) is 37.3 Å². The highest BCUT2D eigenvalue weighted by molar-refractivity contribution is 6.34. The number of nitrogens with zero attached hydrogens (tertiary/aromatic N) is 3. The van der Waals surface area contributed by atoms with Gasteiger partial charge in [0.15, 0.2) is 5.69 Å². The minimum atomic E-state index is -0.635. The normalized spacial score (nSPS) is 10.5. The van der Waals surface area contributed by atoms with Gasteiger partial charge in [0.1, 0.15) is 0 Å².